The van der Waals surface area contributed by atoms with Gasteiger partial charge in [-0.1, -0.05) is 24.3 Å². The number of hydrogen-bond donors (Lipinski definition) is 2. The first-order valence-corrected chi connectivity index (χ1v) is 7.80. The molecule has 2 aliphatic carbocycles. The minimum Gasteiger partial charge on any atom is -0.338 e. The lowest BCUT2D eigenvalue weighted by Gasteiger charge is -2.12. The number of nitrogens with one attached hydrogen (secondary N) is 2. The molecule has 0 radical (unpaired) electrons. The van der Waals surface area contributed by atoms with E-state index < -0.39 is 0 Å². The van der Waals surface area contributed by atoms with Crippen LogP contribution in [0.5, 0.6) is 0 Å². The highest BCUT2D eigenvalue weighted by Crippen LogP contribution is 2.61. The maximum Gasteiger partial charge on any atom is 0.320 e. The van der Waals surface area contributed by atoms with Gasteiger partial charge in [0.1, 0.15) is 0 Å². The van der Waals surface area contributed by atoms with Gasteiger partial charge in [-0.05, 0) is 36.3 Å². The number of carbonyl (C=O) groups is 1. The molecule has 0 bridgehead atoms. The van der Waals surface area contributed by atoms with E-state index in [1.807, 2.05) is 7.05 Å². The van der Waals surface area contributed by atoms with Crippen molar-refractivity contribution in [1.82, 2.24) is 15.1 Å². The molecular formula is C17H20N4O. The second-order valence-corrected chi connectivity index (χ2v) is 6.42. The van der Waals surface area contributed by atoms with Crippen LogP contribution in [0.3, 0.4) is 0 Å². The minimum atomic E-state index is -0.174. The fraction of sp³-hybridized carbons (Fsp3) is 0.412. The first-order chi connectivity index (χ1) is 10.7. The molecule has 2 aliphatic rings. The van der Waals surface area contributed by atoms with E-state index in [0.717, 1.165) is 6.54 Å². The molecule has 2 N–H and O–H groups in total. The zero-order chi connectivity index (χ0) is 15.2. The Bertz CT molecular complexity index is 723. The van der Waals surface area contributed by atoms with Gasteiger partial charge >= 0.3 is 6.03 Å². The molecule has 114 valence electrons. The summed E-state index contributed by atoms with van der Waals surface area (Å²) in [6.07, 6.45) is 5.39. The molecule has 1 aromatic carbocycles. The highest BCUT2D eigenvalue weighted by molar-refractivity contribution is 5.88. The van der Waals surface area contributed by atoms with E-state index >= 15 is 0 Å². The number of fused-ring (bicyclic) bond motifs is 2. The van der Waals surface area contributed by atoms with Gasteiger partial charge in [-0.2, -0.15) is 5.10 Å². The van der Waals surface area contributed by atoms with Crippen LogP contribution in [0.4, 0.5) is 10.6 Å². The van der Waals surface area contributed by atoms with Crippen molar-refractivity contribution in [3.63, 3.8) is 0 Å². The summed E-state index contributed by atoms with van der Waals surface area (Å²) in [5.41, 5.74) is 3.32. The van der Waals surface area contributed by atoms with Crippen LogP contribution in [0.1, 0.15) is 24.0 Å². The summed E-state index contributed by atoms with van der Waals surface area (Å²) in [7, 11) is 1.83. The third-order valence-corrected chi connectivity index (χ3v) is 5.09. The molecule has 1 aromatic heterocycles. The second kappa shape index (κ2) is 4.87. The number of carbonyl (C=O) groups excluding carboxylic acids is 1. The predicted octanol–water partition coefficient (Wildman–Crippen LogP) is 2.45. The van der Waals surface area contributed by atoms with Gasteiger partial charge in [-0.3, -0.25) is 10.00 Å². The number of benzene rings is 1. The Morgan fingerprint density at radius 2 is 2.27 bits per heavy atom. The molecule has 0 aliphatic heterocycles. The summed E-state index contributed by atoms with van der Waals surface area (Å²) in [5, 5.41) is 9.89. The molecule has 5 heteroatoms. The summed E-state index contributed by atoms with van der Waals surface area (Å²) in [6.45, 7) is 0.729. The van der Waals surface area contributed by atoms with Crippen molar-refractivity contribution in [3.8, 4) is 0 Å². The van der Waals surface area contributed by atoms with Crippen LogP contribution in [-0.4, -0.2) is 22.4 Å². The summed E-state index contributed by atoms with van der Waals surface area (Å²) >= 11 is 0. The summed E-state index contributed by atoms with van der Waals surface area (Å²) in [6, 6.07) is 10.4. The molecule has 2 atom stereocenters. The number of aromatic nitrogens is 2. The lowest BCUT2D eigenvalue weighted by molar-refractivity contribution is 0.251. The smallest absolute Gasteiger partial charge is 0.320 e. The lowest BCUT2D eigenvalue weighted by atomic mass is 9.95. The van der Waals surface area contributed by atoms with Crippen molar-refractivity contribution in [3.05, 3.63) is 47.7 Å². The molecule has 1 heterocycles. The SMILES string of the molecule is Cn1ccc(NC(=O)NC[C@H]2C[C@]23CCc2ccccc23)n1. The Balaban J connectivity index is 1.34. The molecule has 2 amide bonds. The van der Waals surface area contributed by atoms with Crippen molar-refractivity contribution < 1.29 is 4.79 Å². The maximum absolute atomic E-state index is 11.9. The number of rotatable bonds is 3. The lowest BCUT2D eigenvalue weighted by Crippen LogP contribution is -2.31. The number of nitrogens with zero attached hydrogens (tertiary/aromatic N) is 2. The second-order valence-electron chi connectivity index (χ2n) is 6.42. The quantitative estimate of drug-likeness (QED) is 0.914. The van der Waals surface area contributed by atoms with Crippen molar-refractivity contribution in [1.29, 1.82) is 0 Å². The van der Waals surface area contributed by atoms with E-state index in [9.17, 15) is 4.79 Å². The largest absolute Gasteiger partial charge is 0.338 e. The standard InChI is InChI=1S/C17H20N4O/c1-21-9-7-15(20-21)19-16(22)18-11-13-10-17(13)8-6-12-4-2-3-5-14(12)17/h2-5,7,9,13H,6,8,10-11H2,1H3,(H2,18,19,20,22)/t13-,17-/m1/s1. The Morgan fingerprint density at radius 3 is 3.09 bits per heavy atom. The Morgan fingerprint density at radius 1 is 1.41 bits per heavy atom. The van der Waals surface area contributed by atoms with E-state index in [1.165, 1.54) is 30.4 Å². The van der Waals surface area contributed by atoms with Gasteiger partial charge in [0.2, 0.25) is 0 Å². The van der Waals surface area contributed by atoms with Gasteiger partial charge in [0.15, 0.2) is 5.82 Å². The van der Waals surface area contributed by atoms with Crippen LogP contribution in [-0.2, 0) is 18.9 Å². The van der Waals surface area contributed by atoms with Gasteiger partial charge in [-0.15, -0.1) is 0 Å². The van der Waals surface area contributed by atoms with E-state index in [4.69, 9.17) is 0 Å². The van der Waals surface area contributed by atoms with E-state index in [2.05, 4.69) is 40.0 Å². The molecule has 0 unspecified atom stereocenters. The average Bonchev–Trinajstić information content (AvgIpc) is 2.87. The van der Waals surface area contributed by atoms with E-state index in [0.29, 0.717) is 17.2 Å². The van der Waals surface area contributed by atoms with Gasteiger partial charge in [-0.25, -0.2) is 4.79 Å². The molecule has 5 nitrogen and oxygen atoms in total. The summed E-state index contributed by atoms with van der Waals surface area (Å²) in [5.74, 6) is 1.14. The molecule has 4 rings (SSSR count). The zero-order valence-electron chi connectivity index (χ0n) is 12.7. The molecule has 2 aromatic rings. The monoisotopic (exact) mass is 296 g/mol. The van der Waals surface area contributed by atoms with Gasteiger partial charge < -0.3 is 5.32 Å². The van der Waals surface area contributed by atoms with Crippen LogP contribution < -0.4 is 10.6 Å². The van der Waals surface area contributed by atoms with Gasteiger partial charge in [0.25, 0.3) is 0 Å². The van der Waals surface area contributed by atoms with E-state index in [-0.39, 0.29) is 6.03 Å². The molecular weight excluding hydrogens is 276 g/mol. The fourth-order valence-corrected chi connectivity index (χ4v) is 3.86. The minimum absolute atomic E-state index is 0.174. The predicted molar refractivity (Wildman–Crippen MR) is 84.8 cm³/mol. The fourth-order valence-electron chi connectivity index (χ4n) is 3.86. The number of urea groups is 1. The van der Waals surface area contributed by atoms with E-state index in [1.54, 1.807) is 16.9 Å². The van der Waals surface area contributed by atoms with Crippen molar-refractivity contribution >= 4 is 11.8 Å². The first kappa shape index (κ1) is 13.4. The van der Waals surface area contributed by atoms with Crippen LogP contribution in [0.15, 0.2) is 36.5 Å². The molecule has 1 fully saturated rings. The third-order valence-electron chi connectivity index (χ3n) is 5.09. The summed E-state index contributed by atoms with van der Waals surface area (Å²) in [4.78, 5) is 11.9. The zero-order valence-corrected chi connectivity index (χ0v) is 12.7. The van der Waals surface area contributed by atoms with Gasteiger partial charge in [0, 0.05) is 31.3 Å². The molecule has 1 spiro atoms. The highest BCUT2D eigenvalue weighted by Gasteiger charge is 2.57. The Kier molecular flexibility index (Phi) is 2.96. The first-order valence-electron chi connectivity index (χ1n) is 7.80. The van der Waals surface area contributed by atoms with Crippen molar-refractivity contribution in [2.45, 2.75) is 24.7 Å². The number of anilines is 1. The number of hydrogen-bond acceptors (Lipinski definition) is 2. The van der Waals surface area contributed by atoms with Crippen LogP contribution in [0.25, 0.3) is 0 Å². The van der Waals surface area contributed by atoms with Crippen LogP contribution in [0.2, 0.25) is 0 Å². The Labute approximate surface area is 129 Å². The number of amides is 2. The molecule has 1 saturated carbocycles. The normalized spacial score (nSPS) is 25.0. The number of aryl methyl sites for hydroxylation is 2. The van der Waals surface area contributed by atoms with Crippen molar-refractivity contribution in [2.75, 3.05) is 11.9 Å². The molecule has 22 heavy (non-hydrogen) atoms. The summed E-state index contributed by atoms with van der Waals surface area (Å²) < 4.78 is 1.67. The van der Waals surface area contributed by atoms with Crippen LogP contribution in [0, 0.1) is 5.92 Å². The maximum atomic E-state index is 11.9. The van der Waals surface area contributed by atoms with Crippen LogP contribution >= 0.6 is 0 Å². The topological polar surface area (TPSA) is 59.0 Å². The van der Waals surface area contributed by atoms with Gasteiger partial charge in [0.05, 0.1) is 0 Å². The highest BCUT2D eigenvalue weighted by atomic mass is 16.2. The third kappa shape index (κ3) is 2.17. The van der Waals surface area contributed by atoms with Crippen molar-refractivity contribution in [2.24, 2.45) is 13.0 Å². The average molecular weight is 296 g/mol. The molecule has 0 saturated heterocycles. The Hall–Kier alpha value is -2.30.